The molecular formula is C13H16N4O5. The van der Waals surface area contributed by atoms with E-state index in [9.17, 15) is 19.7 Å². The van der Waals surface area contributed by atoms with E-state index in [0.29, 0.717) is 32.4 Å². The van der Waals surface area contributed by atoms with Crippen molar-refractivity contribution in [1.29, 1.82) is 0 Å². The summed E-state index contributed by atoms with van der Waals surface area (Å²) < 4.78 is 1.25. The predicted octanol–water partition coefficient (Wildman–Crippen LogP) is 0.505. The van der Waals surface area contributed by atoms with E-state index in [1.54, 1.807) is 4.90 Å². The second-order valence-corrected chi connectivity index (χ2v) is 5.97. The van der Waals surface area contributed by atoms with Gasteiger partial charge in [-0.15, -0.1) is 0 Å². The maximum absolute atomic E-state index is 12.2. The number of aliphatic carboxylic acids is 1. The molecule has 2 heterocycles. The molecule has 1 saturated heterocycles. The highest BCUT2D eigenvalue weighted by atomic mass is 16.6. The molecule has 118 valence electrons. The Morgan fingerprint density at radius 2 is 2.14 bits per heavy atom. The van der Waals surface area contributed by atoms with Crippen LogP contribution >= 0.6 is 0 Å². The number of carbonyl (C=O) groups excluding carboxylic acids is 1. The number of hydrogen-bond acceptors (Lipinski definition) is 5. The molecule has 9 nitrogen and oxygen atoms in total. The molecule has 0 bridgehead atoms. The molecule has 0 radical (unpaired) electrons. The third-order valence-corrected chi connectivity index (χ3v) is 4.71. The summed E-state index contributed by atoms with van der Waals surface area (Å²) in [6.07, 6.45) is 3.52. The Balaban J connectivity index is 1.54. The lowest BCUT2D eigenvalue weighted by Crippen LogP contribution is -2.41. The van der Waals surface area contributed by atoms with Crippen molar-refractivity contribution >= 4 is 17.7 Å². The number of rotatable bonds is 4. The van der Waals surface area contributed by atoms with Crippen LogP contribution in [0.4, 0.5) is 5.82 Å². The zero-order chi connectivity index (χ0) is 15.9. The maximum atomic E-state index is 12.2. The van der Waals surface area contributed by atoms with E-state index in [-0.39, 0.29) is 29.6 Å². The van der Waals surface area contributed by atoms with Gasteiger partial charge in [-0.2, -0.15) is 4.68 Å². The standard InChI is InChI=1S/C13H16N4O5/c18-11(8-16-4-1-10(14-16)17(21)22)15-5-2-13(3-6-15)7-9(13)12(19)20/h1,4,9H,2-3,5-8H2,(H,19,20). The molecule has 0 aromatic carbocycles. The van der Waals surface area contributed by atoms with Gasteiger partial charge >= 0.3 is 11.8 Å². The highest BCUT2D eigenvalue weighted by molar-refractivity contribution is 5.77. The third kappa shape index (κ3) is 2.53. The number of aromatic nitrogens is 2. The first kappa shape index (κ1) is 14.5. The number of nitro groups is 1. The van der Waals surface area contributed by atoms with Gasteiger partial charge in [0.05, 0.1) is 23.3 Å². The molecule has 1 aromatic rings. The van der Waals surface area contributed by atoms with E-state index in [1.807, 2.05) is 0 Å². The molecule has 1 spiro atoms. The number of piperidine rings is 1. The van der Waals surface area contributed by atoms with Crippen LogP contribution in [-0.4, -0.2) is 49.7 Å². The summed E-state index contributed by atoms with van der Waals surface area (Å²) in [5, 5.41) is 23.3. The van der Waals surface area contributed by atoms with Gasteiger partial charge in [0.2, 0.25) is 5.91 Å². The number of hydrogen-bond donors (Lipinski definition) is 1. The second-order valence-electron chi connectivity index (χ2n) is 5.97. The summed E-state index contributed by atoms with van der Waals surface area (Å²) in [5.74, 6) is -1.45. The van der Waals surface area contributed by atoms with E-state index in [0.717, 1.165) is 0 Å². The molecule has 22 heavy (non-hydrogen) atoms. The van der Waals surface area contributed by atoms with E-state index < -0.39 is 10.9 Å². The lowest BCUT2D eigenvalue weighted by atomic mass is 9.91. The van der Waals surface area contributed by atoms with Crippen molar-refractivity contribution in [1.82, 2.24) is 14.7 Å². The van der Waals surface area contributed by atoms with Gasteiger partial charge in [0.15, 0.2) is 0 Å². The van der Waals surface area contributed by atoms with Gasteiger partial charge in [0.1, 0.15) is 6.54 Å². The first-order valence-electron chi connectivity index (χ1n) is 7.10. The summed E-state index contributed by atoms with van der Waals surface area (Å²) in [6, 6.07) is 1.25. The highest BCUT2D eigenvalue weighted by Crippen LogP contribution is 2.59. The minimum absolute atomic E-state index is 0.0385. The van der Waals surface area contributed by atoms with Crippen LogP contribution in [0.15, 0.2) is 12.3 Å². The van der Waals surface area contributed by atoms with Gasteiger partial charge in [-0.3, -0.25) is 9.59 Å². The van der Waals surface area contributed by atoms with Crippen LogP contribution in [0.3, 0.4) is 0 Å². The summed E-state index contributed by atoms with van der Waals surface area (Å²) in [4.78, 5) is 34.8. The molecule has 1 aromatic heterocycles. The second kappa shape index (κ2) is 5.08. The van der Waals surface area contributed by atoms with Crippen LogP contribution in [0.2, 0.25) is 0 Å². The molecule has 9 heteroatoms. The monoisotopic (exact) mass is 308 g/mol. The van der Waals surface area contributed by atoms with E-state index >= 15 is 0 Å². The third-order valence-electron chi connectivity index (χ3n) is 4.71. The minimum atomic E-state index is -0.747. The molecule has 2 fully saturated rings. The fraction of sp³-hybridized carbons (Fsp3) is 0.615. The summed E-state index contributed by atoms with van der Waals surface area (Å²) >= 11 is 0. The molecule has 2 aliphatic rings. The van der Waals surface area contributed by atoms with Crippen molar-refractivity contribution in [2.24, 2.45) is 11.3 Å². The predicted molar refractivity (Wildman–Crippen MR) is 72.9 cm³/mol. The summed E-state index contributed by atoms with van der Waals surface area (Å²) in [7, 11) is 0. The Kier molecular flexibility index (Phi) is 3.34. The van der Waals surface area contributed by atoms with Gasteiger partial charge in [-0.05, 0) is 29.6 Å². The highest BCUT2D eigenvalue weighted by Gasteiger charge is 2.59. The molecule has 1 amide bonds. The molecule has 1 aliphatic carbocycles. The maximum Gasteiger partial charge on any atom is 0.389 e. The van der Waals surface area contributed by atoms with Crippen molar-refractivity contribution < 1.29 is 19.6 Å². The number of carboxylic acids is 1. The van der Waals surface area contributed by atoms with E-state index in [4.69, 9.17) is 5.11 Å². The van der Waals surface area contributed by atoms with Gasteiger partial charge in [-0.1, -0.05) is 0 Å². The summed E-state index contributed by atoms with van der Waals surface area (Å²) in [5.41, 5.74) is -0.118. The Morgan fingerprint density at radius 3 is 2.64 bits per heavy atom. The van der Waals surface area contributed by atoms with Crippen LogP contribution in [0, 0.1) is 21.4 Å². The van der Waals surface area contributed by atoms with Crippen LogP contribution < -0.4 is 0 Å². The Hall–Kier alpha value is -2.45. The van der Waals surface area contributed by atoms with Crippen molar-refractivity contribution in [3.63, 3.8) is 0 Å². The van der Waals surface area contributed by atoms with Gasteiger partial charge < -0.3 is 20.1 Å². The number of carbonyl (C=O) groups is 2. The fourth-order valence-corrected chi connectivity index (χ4v) is 3.23. The SMILES string of the molecule is O=C(O)C1CC12CCN(C(=O)Cn1ccc([N+](=O)[O-])n1)CC2. The van der Waals surface area contributed by atoms with Crippen molar-refractivity contribution in [3.8, 4) is 0 Å². The topological polar surface area (TPSA) is 119 Å². The minimum Gasteiger partial charge on any atom is -0.481 e. The molecule has 1 aliphatic heterocycles. The molecule has 1 unspecified atom stereocenters. The van der Waals surface area contributed by atoms with Crippen molar-refractivity contribution in [2.75, 3.05) is 13.1 Å². The Labute approximate surface area is 125 Å². The number of likely N-dealkylation sites (tertiary alicyclic amines) is 1. The average molecular weight is 308 g/mol. The number of carboxylic acid groups (broad SMARTS) is 1. The van der Waals surface area contributed by atoms with Gasteiger partial charge in [0, 0.05) is 13.1 Å². The molecular weight excluding hydrogens is 292 g/mol. The molecule has 1 saturated carbocycles. The van der Waals surface area contributed by atoms with Gasteiger partial charge in [-0.25, -0.2) is 0 Å². The van der Waals surface area contributed by atoms with E-state index in [2.05, 4.69) is 5.10 Å². The zero-order valence-electron chi connectivity index (χ0n) is 11.8. The lowest BCUT2D eigenvalue weighted by Gasteiger charge is -2.32. The normalized spacial score (nSPS) is 22.5. The first-order chi connectivity index (χ1) is 10.4. The fourth-order valence-electron chi connectivity index (χ4n) is 3.23. The first-order valence-corrected chi connectivity index (χ1v) is 7.10. The average Bonchev–Trinajstić information content (AvgIpc) is 2.96. The molecule has 1 N–H and O–H groups in total. The van der Waals surface area contributed by atoms with Gasteiger partial charge in [0.25, 0.3) is 0 Å². The Bertz CT molecular complexity index is 632. The molecule has 1 atom stereocenters. The number of nitrogens with zero attached hydrogens (tertiary/aromatic N) is 4. The van der Waals surface area contributed by atoms with Crippen molar-refractivity contribution in [2.45, 2.75) is 25.8 Å². The zero-order valence-corrected chi connectivity index (χ0v) is 11.8. The molecule has 3 rings (SSSR count). The largest absolute Gasteiger partial charge is 0.481 e. The number of amides is 1. The van der Waals surface area contributed by atoms with Crippen LogP contribution in [0.5, 0.6) is 0 Å². The lowest BCUT2D eigenvalue weighted by molar-refractivity contribution is -0.389. The quantitative estimate of drug-likeness (QED) is 0.639. The van der Waals surface area contributed by atoms with Crippen LogP contribution in [-0.2, 0) is 16.1 Å². The van der Waals surface area contributed by atoms with Crippen molar-refractivity contribution in [3.05, 3.63) is 22.4 Å². The van der Waals surface area contributed by atoms with E-state index in [1.165, 1.54) is 16.9 Å². The van der Waals surface area contributed by atoms with Crippen LogP contribution in [0.1, 0.15) is 19.3 Å². The Morgan fingerprint density at radius 1 is 1.45 bits per heavy atom. The summed E-state index contributed by atoms with van der Waals surface area (Å²) in [6.45, 7) is 1.03. The smallest absolute Gasteiger partial charge is 0.389 e. The van der Waals surface area contributed by atoms with Crippen LogP contribution in [0.25, 0.3) is 0 Å².